The number of aryl methyl sites for hydroxylation is 1. The number of aliphatic hydroxyl groups excluding tert-OH is 1. The maximum atomic E-state index is 10.8. The van der Waals surface area contributed by atoms with E-state index in [0.29, 0.717) is 0 Å². The number of nitrogens with zero attached hydrogens (tertiary/aromatic N) is 3. The van der Waals surface area contributed by atoms with Gasteiger partial charge >= 0.3 is 5.69 Å². The van der Waals surface area contributed by atoms with Crippen molar-refractivity contribution < 1.29 is 10.0 Å². The van der Waals surface area contributed by atoms with Crippen molar-refractivity contribution in [1.82, 2.24) is 9.97 Å². The van der Waals surface area contributed by atoms with E-state index in [2.05, 4.69) is 15.3 Å². The fraction of sp³-hybridized carbons (Fsp3) is 0.500. The second kappa shape index (κ2) is 4.71. The number of nitrogen functional groups attached to an aromatic ring is 1. The van der Waals surface area contributed by atoms with Crippen LogP contribution in [0.2, 0.25) is 0 Å². The minimum atomic E-state index is -0.643. The Morgan fingerprint density at radius 2 is 2.25 bits per heavy atom. The SMILES string of the molecule is Cc1nc(N)nc(NCC(C)O)c1[N+](=O)[O-]. The third-order valence-corrected chi connectivity index (χ3v) is 1.82. The number of hydrogen-bond acceptors (Lipinski definition) is 7. The van der Waals surface area contributed by atoms with Crippen molar-refractivity contribution in [2.75, 3.05) is 17.6 Å². The van der Waals surface area contributed by atoms with Gasteiger partial charge in [-0.1, -0.05) is 0 Å². The molecule has 0 aliphatic rings. The summed E-state index contributed by atoms with van der Waals surface area (Å²) < 4.78 is 0. The number of nitro groups is 1. The van der Waals surface area contributed by atoms with E-state index >= 15 is 0 Å². The van der Waals surface area contributed by atoms with Gasteiger partial charge in [-0.3, -0.25) is 10.1 Å². The zero-order valence-electron chi connectivity index (χ0n) is 8.97. The molecule has 0 saturated heterocycles. The highest BCUT2D eigenvalue weighted by atomic mass is 16.6. The number of hydrogen-bond donors (Lipinski definition) is 3. The number of aromatic nitrogens is 2. The number of nitrogens with one attached hydrogen (secondary N) is 1. The Hall–Kier alpha value is -1.96. The van der Waals surface area contributed by atoms with Gasteiger partial charge in [0.15, 0.2) is 0 Å². The van der Waals surface area contributed by atoms with E-state index in [0.717, 1.165) is 0 Å². The molecule has 88 valence electrons. The Balaban J connectivity index is 3.09. The fourth-order valence-electron chi connectivity index (χ4n) is 1.17. The van der Waals surface area contributed by atoms with E-state index in [1.165, 1.54) is 6.92 Å². The first-order chi connectivity index (χ1) is 7.41. The van der Waals surface area contributed by atoms with Gasteiger partial charge in [0.1, 0.15) is 5.69 Å². The summed E-state index contributed by atoms with van der Waals surface area (Å²) in [4.78, 5) is 17.6. The zero-order valence-corrected chi connectivity index (χ0v) is 8.97. The molecule has 0 spiro atoms. The molecule has 4 N–H and O–H groups in total. The molecule has 1 unspecified atom stereocenters. The molecule has 16 heavy (non-hydrogen) atoms. The molecule has 0 radical (unpaired) electrons. The molecule has 0 bridgehead atoms. The summed E-state index contributed by atoms with van der Waals surface area (Å²) in [5.74, 6) is -0.0212. The molecular weight excluding hydrogens is 214 g/mol. The van der Waals surface area contributed by atoms with Crippen molar-refractivity contribution in [3.63, 3.8) is 0 Å². The number of nitrogens with two attached hydrogens (primary N) is 1. The fourth-order valence-corrected chi connectivity index (χ4v) is 1.17. The molecule has 8 nitrogen and oxygen atoms in total. The summed E-state index contributed by atoms with van der Waals surface area (Å²) in [7, 11) is 0. The predicted molar refractivity (Wildman–Crippen MR) is 58.0 cm³/mol. The first-order valence-electron chi connectivity index (χ1n) is 4.62. The van der Waals surface area contributed by atoms with Crippen molar-refractivity contribution in [2.45, 2.75) is 20.0 Å². The monoisotopic (exact) mass is 227 g/mol. The van der Waals surface area contributed by atoms with Crippen LogP contribution < -0.4 is 11.1 Å². The van der Waals surface area contributed by atoms with Crippen LogP contribution in [-0.2, 0) is 0 Å². The summed E-state index contributed by atoms with van der Waals surface area (Å²) in [5, 5.41) is 22.5. The van der Waals surface area contributed by atoms with E-state index in [1.54, 1.807) is 6.92 Å². The van der Waals surface area contributed by atoms with Crippen LogP contribution in [0.3, 0.4) is 0 Å². The maximum Gasteiger partial charge on any atom is 0.332 e. The summed E-state index contributed by atoms with van der Waals surface area (Å²) in [6, 6.07) is 0. The third kappa shape index (κ3) is 2.76. The van der Waals surface area contributed by atoms with Gasteiger partial charge in [-0.05, 0) is 13.8 Å². The molecule has 1 heterocycles. The van der Waals surface area contributed by atoms with Crippen molar-refractivity contribution in [3.8, 4) is 0 Å². The van der Waals surface area contributed by atoms with Crippen molar-refractivity contribution in [3.05, 3.63) is 15.8 Å². The molecule has 0 saturated carbocycles. The Morgan fingerprint density at radius 3 is 2.75 bits per heavy atom. The molecule has 0 aromatic carbocycles. The first kappa shape index (κ1) is 12.1. The summed E-state index contributed by atoms with van der Waals surface area (Å²) in [6.07, 6.45) is -0.643. The van der Waals surface area contributed by atoms with Gasteiger partial charge in [0.25, 0.3) is 0 Å². The van der Waals surface area contributed by atoms with Crippen LogP contribution in [0.1, 0.15) is 12.6 Å². The standard InChI is InChI=1S/C8H13N5O3/c1-4(14)3-10-7-6(13(15)16)5(2)11-8(9)12-7/h4,14H,3H2,1-2H3,(H3,9,10,11,12). The topological polar surface area (TPSA) is 127 Å². The maximum absolute atomic E-state index is 10.8. The molecule has 1 aromatic heterocycles. The highest BCUT2D eigenvalue weighted by Crippen LogP contribution is 2.25. The molecule has 0 aliphatic heterocycles. The van der Waals surface area contributed by atoms with Gasteiger partial charge in [0.05, 0.1) is 11.0 Å². The van der Waals surface area contributed by atoms with E-state index in [9.17, 15) is 10.1 Å². The van der Waals surface area contributed by atoms with Crippen LogP contribution in [0.25, 0.3) is 0 Å². The van der Waals surface area contributed by atoms with Crippen LogP contribution in [0.5, 0.6) is 0 Å². The van der Waals surface area contributed by atoms with Crippen LogP contribution in [0, 0.1) is 17.0 Å². The average molecular weight is 227 g/mol. The van der Waals surface area contributed by atoms with Crippen LogP contribution in [0.15, 0.2) is 0 Å². The van der Waals surface area contributed by atoms with Crippen molar-refractivity contribution >= 4 is 17.5 Å². The van der Waals surface area contributed by atoms with Gasteiger partial charge in [-0.15, -0.1) is 0 Å². The molecule has 1 atom stereocenters. The Kier molecular flexibility index (Phi) is 3.56. The smallest absolute Gasteiger partial charge is 0.332 e. The van der Waals surface area contributed by atoms with E-state index in [1.807, 2.05) is 0 Å². The molecule has 1 aromatic rings. The minimum absolute atomic E-state index is 0.0240. The molecule has 0 fully saturated rings. The molecule has 0 amide bonds. The van der Waals surface area contributed by atoms with Gasteiger partial charge in [0, 0.05) is 6.54 Å². The molecule has 8 heteroatoms. The summed E-state index contributed by atoms with van der Waals surface area (Å²) in [6.45, 7) is 3.18. The lowest BCUT2D eigenvalue weighted by atomic mass is 10.3. The van der Waals surface area contributed by atoms with Crippen LogP contribution in [-0.4, -0.2) is 32.6 Å². The third-order valence-electron chi connectivity index (χ3n) is 1.82. The average Bonchev–Trinajstić information content (AvgIpc) is 2.12. The van der Waals surface area contributed by atoms with E-state index in [4.69, 9.17) is 10.8 Å². The Morgan fingerprint density at radius 1 is 1.62 bits per heavy atom. The molecule has 1 rings (SSSR count). The quantitative estimate of drug-likeness (QED) is 0.490. The zero-order chi connectivity index (χ0) is 12.3. The van der Waals surface area contributed by atoms with Crippen molar-refractivity contribution in [1.29, 1.82) is 0 Å². The lowest BCUT2D eigenvalue weighted by Gasteiger charge is -2.09. The molecule has 0 aliphatic carbocycles. The van der Waals surface area contributed by atoms with Gasteiger partial charge in [0.2, 0.25) is 11.8 Å². The predicted octanol–water partition coefficient (Wildman–Crippen LogP) is 0.0681. The summed E-state index contributed by atoms with van der Waals surface area (Å²) in [5.41, 5.74) is 5.35. The van der Waals surface area contributed by atoms with E-state index < -0.39 is 11.0 Å². The Bertz CT molecular complexity index is 407. The van der Waals surface area contributed by atoms with Crippen LogP contribution >= 0.6 is 0 Å². The number of aliphatic hydroxyl groups is 1. The second-order valence-corrected chi connectivity index (χ2v) is 3.35. The van der Waals surface area contributed by atoms with Gasteiger partial charge in [-0.25, -0.2) is 4.98 Å². The number of rotatable bonds is 4. The number of anilines is 2. The lowest BCUT2D eigenvalue weighted by molar-refractivity contribution is -0.385. The second-order valence-electron chi connectivity index (χ2n) is 3.35. The minimum Gasteiger partial charge on any atom is -0.392 e. The van der Waals surface area contributed by atoms with Crippen LogP contribution in [0.4, 0.5) is 17.5 Å². The lowest BCUT2D eigenvalue weighted by Crippen LogP contribution is -2.18. The Labute approximate surface area is 91.7 Å². The normalized spacial score (nSPS) is 12.2. The van der Waals surface area contributed by atoms with Gasteiger partial charge in [-0.2, -0.15) is 4.98 Å². The van der Waals surface area contributed by atoms with E-state index in [-0.39, 0.29) is 29.7 Å². The highest BCUT2D eigenvalue weighted by Gasteiger charge is 2.21. The highest BCUT2D eigenvalue weighted by molar-refractivity contribution is 5.60. The van der Waals surface area contributed by atoms with Gasteiger partial charge < -0.3 is 16.2 Å². The van der Waals surface area contributed by atoms with Crippen molar-refractivity contribution in [2.24, 2.45) is 0 Å². The first-order valence-corrected chi connectivity index (χ1v) is 4.62. The largest absolute Gasteiger partial charge is 0.392 e. The summed E-state index contributed by atoms with van der Waals surface area (Å²) >= 11 is 0. The molecular formula is C8H13N5O3.